The van der Waals surface area contributed by atoms with Crippen molar-refractivity contribution in [3.8, 4) is 0 Å². The molecule has 0 atom stereocenters. The number of rotatable bonds is 5. The van der Waals surface area contributed by atoms with Crippen molar-refractivity contribution < 1.29 is 17.6 Å². The smallest absolute Gasteiger partial charge is 0.416 e. The van der Waals surface area contributed by atoms with Crippen LogP contribution in [0.1, 0.15) is 27.8 Å². The number of benzene rings is 3. The Morgan fingerprint density at radius 2 is 1.77 bits per heavy atom. The summed E-state index contributed by atoms with van der Waals surface area (Å²) in [4.78, 5) is 16.8. The van der Waals surface area contributed by atoms with Gasteiger partial charge >= 0.3 is 11.8 Å². The first-order chi connectivity index (χ1) is 16.7. The molecule has 0 aliphatic rings. The highest BCUT2D eigenvalue weighted by Gasteiger charge is 2.31. The minimum atomic E-state index is -4.45. The van der Waals surface area contributed by atoms with E-state index in [2.05, 4.69) is 4.98 Å². The number of halogens is 3. The highest BCUT2D eigenvalue weighted by molar-refractivity contribution is 7.98. The number of hydrogen-bond donors (Lipinski definition) is 0. The van der Waals surface area contributed by atoms with Crippen molar-refractivity contribution >= 4 is 33.8 Å². The van der Waals surface area contributed by atoms with Crippen LogP contribution < -0.4 is 5.63 Å². The summed E-state index contributed by atoms with van der Waals surface area (Å²) in [5.41, 5.74) is 4.01. The lowest BCUT2D eigenvalue weighted by Crippen LogP contribution is -2.05. The lowest BCUT2D eigenvalue weighted by molar-refractivity contribution is -0.137. The lowest BCUT2D eigenvalue weighted by Gasteiger charge is -2.11. The molecule has 5 aromatic rings. The quantitative estimate of drug-likeness (QED) is 0.193. The molecule has 8 heteroatoms. The van der Waals surface area contributed by atoms with Crippen LogP contribution in [0.15, 0.2) is 81.1 Å². The minimum Gasteiger partial charge on any atom is -0.422 e. The summed E-state index contributed by atoms with van der Waals surface area (Å²) in [6.45, 7) is 4.33. The van der Waals surface area contributed by atoms with Gasteiger partial charge in [0.05, 0.1) is 23.1 Å². The van der Waals surface area contributed by atoms with E-state index in [1.165, 1.54) is 23.9 Å². The van der Waals surface area contributed by atoms with Gasteiger partial charge in [0, 0.05) is 17.2 Å². The fraction of sp³-hybridized carbons (Fsp3) is 0.185. The number of thioether (sulfide) groups is 1. The summed E-state index contributed by atoms with van der Waals surface area (Å²) in [6, 6.07) is 18.7. The van der Waals surface area contributed by atoms with Crippen LogP contribution in [0.25, 0.3) is 22.0 Å². The summed E-state index contributed by atoms with van der Waals surface area (Å²) in [6.07, 6.45) is -4.45. The van der Waals surface area contributed by atoms with E-state index in [4.69, 9.17) is 4.42 Å². The normalized spacial score (nSPS) is 12.0. The van der Waals surface area contributed by atoms with Gasteiger partial charge in [-0.05, 0) is 54.3 Å². The molecule has 178 valence electrons. The van der Waals surface area contributed by atoms with Crippen LogP contribution in [-0.2, 0) is 18.5 Å². The highest BCUT2D eigenvalue weighted by Crippen LogP contribution is 2.34. The highest BCUT2D eigenvalue weighted by atomic mass is 32.2. The Kier molecular flexibility index (Phi) is 5.92. The molecule has 4 nitrogen and oxygen atoms in total. The molecule has 0 unspecified atom stereocenters. The molecule has 0 saturated heterocycles. The summed E-state index contributed by atoms with van der Waals surface area (Å²) in [7, 11) is 0. The second-order valence-corrected chi connectivity index (χ2v) is 9.37. The zero-order valence-electron chi connectivity index (χ0n) is 19.0. The predicted octanol–water partition coefficient (Wildman–Crippen LogP) is 7.12. The van der Waals surface area contributed by atoms with E-state index in [0.29, 0.717) is 28.6 Å². The van der Waals surface area contributed by atoms with Crippen molar-refractivity contribution in [2.24, 2.45) is 0 Å². The summed E-state index contributed by atoms with van der Waals surface area (Å²) >= 11 is 1.38. The molecule has 0 spiro atoms. The monoisotopic (exact) mass is 494 g/mol. The molecular weight excluding hydrogens is 473 g/mol. The summed E-state index contributed by atoms with van der Waals surface area (Å²) in [5.74, 6) is 0.412. The Morgan fingerprint density at radius 1 is 1.00 bits per heavy atom. The molecule has 0 fully saturated rings. The van der Waals surface area contributed by atoms with E-state index in [0.717, 1.165) is 39.8 Å². The van der Waals surface area contributed by atoms with Gasteiger partial charge in [-0.25, -0.2) is 9.78 Å². The molecule has 0 aliphatic heterocycles. The first-order valence-electron chi connectivity index (χ1n) is 11.0. The molecule has 0 bridgehead atoms. The standard InChI is InChI=1S/C27H21F3N2O2S/c1-16-8-10-21-19(12-24(33)34-25(21)17(16)2)15-35-26-31-22-13-20(27(28,29)30)9-11-23(22)32(26)14-18-6-4-3-5-7-18/h3-13H,14-15H2,1-2H3. The maximum Gasteiger partial charge on any atom is 0.416 e. The van der Waals surface area contributed by atoms with E-state index in [-0.39, 0.29) is 5.52 Å². The van der Waals surface area contributed by atoms with E-state index < -0.39 is 17.4 Å². The number of hydrogen-bond acceptors (Lipinski definition) is 4. The number of alkyl halides is 3. The molecule has 35 heavy (non-hydrogen) atoms. The summed E-state index contributed by atoms with van der Waals surface area (Å²) in [5, 5.41) is 1.42. The Balaban J connectivity index is 1.57. The van der Waals surface area contributed by atoms with Crippen LogP contribution in [0.2, 0.25) is 0 Å². The second kappa shape index (κ2) is 8.92. The van der Waals surface area contributed by atoms with E-state index in [1.807, 2.05) is 60.9 Å². The van der Waals surface area contributed by atoms with Gasteiger partial charge in [0.1, 0.15) is 5.58 Å². The third kappa shape index (κ3) is 4.58. The number of imidazole rings is 1. The average Bonchev–Trinajstić information content (AvgIpc) is 3.17. The fourth-order valence-corrected chi connectivity index (χ4v) is 5.10. The largest absolute Gasteiger partial charge is 0.422 e. The van der Waals surface area contributed by atoms with Crippen molar-refractivity contribution in [2.45, 2.75) is 37.5 Å². The first kappa shape index (κ1) is 23.2. The van der Waals surface area contributed by atoms with Gasteiger partial charge in [-0.2, -0.15) is 13.2 Å². The Morgan fingerprint density at radius 3 is 2.51 bits per heavy atom. The van der Waals surface area contributed by atoms with Gasteiger partial charge in [-0.3, -0.25) is 0 Å². The minimum absolute atomic E-state index is 0.280. The van der Waals surface area contributed by atoms with Gasteiger partial charge in [0.15, 0.2) is 5.16 Å². The fourth-order valence-electron chi connectivity index (χ4n) is 4.10. The van der Waals surface area contributed by atoms with E-state index >= 15 is 0 Å². The van der Waals surface area contributed by atoms with Crippen molar-refractivity contribution in [3.63, 3.8) is 0 Å². The van der Waals surface area contributed by atoms with Crippen LogP contribution in [0.5, 0.6) is 0 Å². The first-order valence-corrected chi connectivity index (χ1v) is 12.0. The Bertz CT molecular complexity index is 1600. The molecule has 0 N–H and O–H groups in total. The Hall–Kier alpha value is -3.52. The van der Waals surface area contributed by atoms with Crippen molar-refractivity contribution in [1.29, 1.82) is 0 Å². The summed E-state index contributed by atoms with van der Waals surface area (Å²) < 4.78 is 47.3. The van der Waals surface area contributed by atoms with Gasteiger partial charge in [-0.15, -0.1) is 0 Å². The predicted molar refractivity (Wildman–Crippen MR) is 132 cm³/mol. The molecule has 0 aliphatic carbocycles. The van der Waals surface area contributed by atoms with Gasteiger partial charge < -0.3 is 8.98 Å². The van der Waals surface area contributed by atoms with Crippen molar-refractivity contribution in [1.82, 2.24) is 9.55 Å². The van der Waals surface area contributed by atoms with E-state index in [1.54, 1.807) is 0 Å². The van der Waals surface area contributed by atoms with Crippen LogP contribution in [-0.4, -0.2) is 9.55 Å². The average molecular weight is 495 g/mol. The Labute approximate surface area is 203 Å². The van der Waals surface area contributed by atoms with Gasteiger partial charge in [0.25, 0.3) is 0 Å². The number of aromatic nitrogens is 2. The zero-order valence-corrected chi connectivity index (χ0v) is 19.8. The molecule has 5 rings (SSSR count). The maximum atomic E-state index is 13.3. The SMILES string of the molecule is Cc1ccc2c(CSc3nc4cc(C(F)(F)F)ccc4n3Cc3ccccc3)cc(=O)oc2c1C. The lowest BCUT2D eigenvalue weighted by atomic mass is 10.0. The molecule has 2 heterocycles. The third-order valence-corrected chi connectivity index (χ3v) is 7.12. The molecule has 2 aromatic heterocycles. The van der Waals surface area contributed by atoms with Crippen LogP contribution in [0.3, 0.4) is 0 Å². The van der Waals surface area contributed by atoms with Gasteiger partial charge in [-0.1, -0.05) is 54.2 Å². The second-order valence-electron chi connectivity index (χ2n) is 8.43. The molecule has 0 radical (unpaired) electrons. The zero-order chi connectivity index (χ0) is 24.7. The molecule has 0 saturated carbocycles. The van der Waals surface area contributed by atoms with Crippen LogP contribution >= 0.6 is 11.8 Å². The molecular formula is C27H21F3N2O2S. The topological polar surface area (TPSA) is 48.0 Å². The van der Waals surface area contributed by atoms with Gasteiger partial charge in [0.2, 0.25) is 0 Å². The number of nitrogens with zero attached hydrogens (tertiary/aromatic N) is 2. The van der Waals surface area contributed by atoms with E-state index in [9.17, 15) is 18.0 Å². The van der Waals surface area contributed by atoms with Crippen LogP contribution in [0.4, 0.5) is 13.2 Å². The number of aryl methyl sites for hydroxylation is 2. The van der Waals surface area contributed by atoms with Crippen molar-refractivity contribution in [2.75, 3.05) is 0 Å². The van der Waals surface area contributed by atoms with Crippen molar-refractivity contribution in [3.05, 3.63) is 105 Å². The number of fused-ring (bicyclic) bond motifs is 2. The van der Waals surface area contributed by atoms with Crippen LogP contribution in [0, 0.1) is 13.8 Å². The maximum absolute atomic E-state index is 13.3. The molecule has 0 amide bonds. The third-order valence-electron chi connectivity index (χ3n) is 6.10. The molecule has 3 aromatic carbocycles.